The molecule has 19 heavy (non-hydrogen) atoms. The molecule has 0 aliphatic carbocycles. The molecule has 0 radical (unpaired) electrons. The van der Waals surface area contributed by atoms with Gasteiger partial charge in [0.2, 0.25) is 5.91 Å². The van der Waals surface area contributed by atoms with Crippen molar-refractivity contribution in [2.75, 3.05) is 34.4 Å². The maximum Gasteiger partial charge on any atom is 0.224 e. The quantitative estimate of drug-likeness (QED) is 0.711. The molecule has 1 aromatic carbocycles. The fourth-order valence-corrected chi connectivity index (χ4v) is 2.66. The Bertz CT molecular complexity index is 517. The summed E-state index contributed by atoms with van der Waals surface area (Å²) in [5, 5.41) is 6.02. The maximum absolute atomic E-state index is 11.3. The van der Waals surface area contributed by atoms with Gasteiger partial charge >= 0.3 is 0 Å². The summed E-state index contributed by atoms with van der Waals surface area (Å²) in [6.07, 6.45) is 1.24. The van der Waals surface area contributed by atoms with Gasteiger partial charge in [0.05, 0.1) is 11.4 Å². The average Bonchev–Trinajstić information content (AvgIpc) is 2.39. The van der Waals surface area contributed by atoms with Crippen molar-refractivity contribution < 1.29 is 9.00 Å². The number of nitrogen functional groups attached to an aromatic ring is 1. The van der Waals surface area contributed by atoms with Crippen molar-refractivity contribution in [3.8, 4) is 0 Å². The number of nitrogens with two attached hydrogens (primary N) is 1. The summed E-state index contributed by atoms with van der Waals surface area (Å²) in [5.41, 5.74) is 9.29. The van der Waals surface area contributed by atoms with E-state index in [1.165, 1.54) is 0 Å². The zero-order valence-electron chi connectivity index (χ0n) is 11.0. The van der Waals surface area contributed by atoms with E-state index in [2.05, 4.69) is 10.6 Å². The highest BCUT2D eigenvalue weighted by molar-refractivity contribution is 7.84. The molecule has 1 aliphatic rings. The van der Waals surface area contributed by atoms with Gasteiger partial charge in [-0.05, 0) is 24.1 Å². The molecule has 0 saturated carbocycles. The molecule has 0 fully saturated rings. The molecular formula is C13H19N3O2S. The standard InChI is InChI=1S/C13H19N3O2S/c1-2-19(18)6-5-15-12-7-9-3-4-13(17)16-11(9)8-10(12)14/h7-8,15H,2-6,14H2,1H3,(H,16,17). The van der Waals surface area contributed by atoms with E-state index in [-0.39, 0.29) is 5.91 Å². The Morgan fingerprint density at radius 2 is 2.21 bits per heavy atom. The minimum atomic E-state index is -0.774. The van der Waals surface area contributed by atoms with Gasteiger partial charge in [0, 0.05) is 41.0 Å². The van der Waals surface area contributed by atoms with Gasteiger partial charge in [0.25, 0.3) is 0 Å². The van der Waals surface area contributed by atoms with E-state index >= 15 is 0 Å². The number of carbonyl (C=O) groups is 1. The van der Waals surface area contributed by atoms with Crippen molar-refractivity contribution in [1.82, 2.24) is 0 Å². The van der Waals surface area contributed by atoms with Crippen LogP contribution in [-0.4, -0.2) is 28.2 Å². The van der Waals surface area contributed by atoms with Crippen LogP contribution in [0.25, 0.3) is 0 Å². The van der Waals surface area contributed by atoms with Crippen LogP contribution in [0.15, 0.2) is 12.1 Å². The highest BCUT2D eigenvalue weighted by atomic mass is 32.2. The summed E-state index contributed by atoms with van der Waals surface area (Å²) < 4.78 is 11.3. The second-order valence-corrected chi connectivity index (χ2v) is 6.37. The molecule has 6 heteroatoms. The van der Waals surface area contributed by atoms with Crippen molar-refractivity contribution >= 4 is 33.8 Å². The van der Waals surface area contributed by atoms with Crippen LogP contribution in [0.1, 0.15) is 18.9 Å². The number of hydrogen-bond donors (Lipinski definition) is 3. The molecule has 0 aromatic heterocycles. The minimum Gasteiger partial charge on any atom is -0.397 e. The molecule has 1 unspecified atom stereocenters. The number of rotatable bonds is 5. The maximum atomic E-state index is 11.3. The lowest BCUT2D eigenvalue weighted by Crippen LogP contribution is -2.20. The predicted molar refractivity (Wildman–Crippen MR) is 79.8 cm³/mol. The van der Waals surface area contributed by atoms with Crippen LogP contribution in [0.2, 0.25) is 0 Å². The third-order valence-corrected chi connectivity index (χ3v) is 4.44. The zero-order valence-corrected chi connectivity index (χ0v) is 11.8. The summed E-state index contributed by atoms with van der Waals surface area (Å²) in [6, 6.07) is 3.75. The van der Waals surface area contributed by atoms with Crippen LogP contribution in [0.3, 0.4) is 0 Å². The summed E-state index contributed by atoms with van der Waals surface area (Å²) >= 11 is 0. The fraction of sp³-hybridized carbons (Fsp3) is 0.462. The molecule has 1 heterocycles. The van der Waals surface area contributed by atoms with Gasteiger partial charge < -0.3 is 16.4 Å². The average molecular weight is 281 g/mol. The van der Waals surface area contributed by atoms with Crippen molar-refractivity contribution in [2.24, 2.45) is 0 Å². The molecule has 0 spiro atoms. The van der Waals surface area contributed by atoms with Crippen molar-refractivity contribution in [2.45, 2.75) is 19.8 Å². The number of fused-ring (bicyclic) bond motifs is 1. The monoisotopic (exact) mass is 281 g/mol. The van der Waals surface area contributed by atoms with E-state index in [4.69, 9.17) is 5.73 Å². The topological polar surface area (TPSA) is 84.2 Å². The first-order valence-electron chi connectivity index (χ1n) is 6.41. The summed E-state index contributed by atoms with van der Waals surface area (Å²) in [7, 11) is -0.774. The molecular weight excluding hydrogens is 262 g/mol. The minimum absolute atomic E-state index is 0.0333. The molecule has 0 bridgehead atoms. The highest BCUT2D eigenvalue weighted by Gasteiger charge is 2.16. The second kappa shape index (κ2) is 6.06. The normalized spacial score (nSPS) is 15.5. The van der Waals surface area contributed by atoms with Crippen LogP contribution in [-0.2, 0) is 22.0 Å². The van der Waals surface area contributed by atoms with E-state index in [1.54, 1.807) is 6.07 Å². The van der Waals surface area contributed by atoms with Crippen LogP contribution in [0, 0.1) is 0 Å². The third kappa shape index (κ3) is 3.47. The lowest BCUT2D eigenvalue weighted by atomic mass is 10.0. The smallest absolute Gasteiger partial charge is 0.224 e. The van der Waals surface area contributed by atoms with E-state index in [0.29, 0.717) is 30.2 Å². The number of carbonyl (C=O) groups excluding carboxylic acids is 1. The van der Waals surface area contributed by atoms with Crippen LogP contribution >= 0.6 is 0 Å². The van der Waals surface area contributed by atoms with Crippen LogP contribution in [0.4, 0.5) is 17.1 Å². The fourth-order valence-electron chi connectivity index (χ4n) is 2.04. The molecule has 1 aromatic rings. The Morgan fingerprint density at radius 3 is 2.95 bits per heavy atom. The molecule has 0 saturated heterocycles. The number of aryl methyl sites for hydroxylation is 1. The zero-order chi connectivity index (χ0) is 13.8. The van der Waals surface area contributed by atoms with E-state index in [0.717, 1.165) is 23.4 Å². The van der Waals surface area contributed by atoms with Gasteiger partial charge in [-0.1, -0.05) is 6.92 Å². The first-order valence-corrected chi connectivity index (χ1v) is 7.90. The van der Waals surface area contributed by atoms with Gasteiger partial charge in [-0.2, -0.15) is 0 Å². The van der Waals surface area contributed by atoms with Crippen LogP contribution in [0.5, 0.6) is 0 Å². The first kappa shape index (κ1) is 13.9. The first-order chi connectivity index (χ1) is 9.10. The lowest BCUT2D eigenvalue weighted by Gasteiger charge is -2.19. The number of hydrogen-bond acceptors (Lipinski definition) is 4. The Hall–Kier alpha value is -1.56. The molecule has 104 valence electrons. The molecule has 1 aliphatic heterocycles. The van der Waals surface area contributed by atoms with Crippen molar-refractivity contribution in [3.05, 3.63) is 17.7 Å². The van der Waals surface area contributed by atoms with Gasteiger partial charge in [-0.25, -0.2) is 0 Å². The molecule has 5 nitrogen and oxygen atoms in total. The number of nitrogens with one attached hydrogen (secondary N) is 2. The summed E-state index contributed by atoms with van der Waals surface area (Å²) in [4.78, 5) is 11.3. The third-order valence-electron chi connectivity index (χ3n) is 3.14. The molecule has 1 atom stereocenters. The van der Waals surface area contributed by atoms with Crippen LogP contribution < -0.4 is 16.4 Å². The highest BCUT2D eigenvalue weighted by Crippen LogP contribution is 2.30. The molecule has 1 amide bonds. The second-order valence-electron chi connectivity index (χ2n) is 4.50. The Labute approximate surface area is 115 Å². The van der Waals surface area contributed by atoms with E-state index in [9.17, 15) is 9.00 Å². The molecule has 2 rings (SSSR count). The van der Waals surface area contributed by atoms with E-state index in [1.807, 2.05) is 13.0 Å². The van der Waals surface area contributed by atoms with Gasteiger partial charge in [-0.15, -0.1) is 0 Å². The number of amides is 1. The summed E-state index contributed by atoms with van der Waals surface area (Å²) in [5.74, 6) is 1.32. The van der Waals surface area contributed by atoms with Crippen molar-refractivity contribution in [3.63, 3.8) is 0 Å². The Balaban J connectivity index is 2.06. The predicted octanol–water partition coefficient (Wildman–Crippen LogP) is 1.33. The Morgan fingerprint density at radius 1 is 1.42 bits per heavy atom. The Kier molecular flexibility index (Phi) is 4.42. The van der Waals surface area contributed by atoms with Gasteiger partial charge in [0.15, 0.2) is 0 Å². The summed E-state index contributed by atoms with van der Waals surface area (Å²) in [6.45, 7) is 2.54. The van der Waals surface area contributed by atoms with Crippen molar-refractivity contribution in [1.29, 1.82) is 0 Å². The van der Waals surface area contributed by atoms with Gasteiger partial charge in [0.1, 0.15) is 0 Å². The number of anilines is 3. The largest absolute Gasteiger partial charge is 0.397 e. The lowest BCUT2D eigenvalue weighted by molar-refractivity contribution is -0.116. The molecule has 4 N–H and O–H groups in total. The number of benzene rings is 1. The van der Waals surface area contributed by atoms with Gasteiger partial charge in [-0.3, -0.25) is 9.00 Å². The SMILES string of the molecule is CCS(=O)CCNc1cc2c(cc1N)NC(=O)CC2. The van der Waals surface area contributed by atoms with E-state index < -0.39 is 10.8 Å².